The fourth-order valence-electron chi connectivity index (χ4n) is 10.4. The van der Waals surface area contributed by atoms with Crippen LogP contribution in [0.2, 0.25) is 0 Å². The quantitative estimate of drug-likeness (QED) is 0.0261. The van der Waals surface area contributed by atoms with E-state index in [1.54, 1.807) is 6.08 Å². The van der Waals surface area contributed by atoms with E-state index in [1.807, 2.05) is 6.08 Å². The van der Waals surface area contributed by atoms with Crippen LogP contribution < -0.4 is 5.32 Å². The van der Waals surface area contributed by atoms with Crippen LogP contribution in [0, 0.1) is 0 Å². The fraction of sp³-hybridized carbons (Fsp3) is 0.866. The highest BCUT2D eigenvalue weighted by atomic mass is 16.7. The molecule has 7 atom stereocenters. The lowest BCUT2D eigenvalue weighted by atomic mass is 9.99. The van der Waals surface area contributed by atoms with Crippen LogP contribution in [0.3, 0.4) is 0 Å². The van der Waals surface area contributed by atoms with E-state index in [-0.39, 0.29) is 12.5 Å². The van der Waals surface area contributed by atoms with E-state index in [2.05, 4.69) is 55.6 Å². The van der Waals surface area contributed by atoms with Gasteiger partial charge < -0.3 is 40.3 Å². The summed E-state index contributed by atoms with van der Waals surface area (Å²) < 4.78 is 11.3. The molecule has 7 unspecified atom stereocenters. The highest BCUT2D eigenvalue weighted by Crippen LogP contribution is 2.23. The second kappa shape index (κ2) is 56.4. The van der Waals surface area contributed by atoms with Gasteiger partial charge in [0.25, 0.3) is 0 Å². The molecule has 1 rings (SSSR count). The Morgan fingerprint density at radius 2 is 0.750 bits per heavy atom. The molecule has 1 saturated heterocycles. The van der Waals surface area contributed by atoms with Crippen LogP contribution in [0.5, 0.6) is 0 Å². The fourth-order valence-corrected chi connectivity index (χ4v) is 10.4. The maximum absolute atomic E-state index is 13.1. The van der Waals surface area contributed by atoms with Crippen molar-refractivity contribution in [1.29, 1.82) is 0 Å². The van der Waals surface area contributed by atoms with E-state index in [0.29, 0.717) is 6.42 Å². The standard InChI is InChI=1S/C67H125NO8/c1-3-5-7-9-11-13-15-17-19-21-23-25-26-27-28-29-30-31-32-33-34-35-37-38-40-42-44-46-48-50-52-54-56-61(70)60(59-75-67-66(74)65(73)64(72)62(58-69)76-67)68-63(71)57-55-53-51-49-47-45-43-41-39-36-24-22-20-18-16-14-12-10-8-6-4-2/h22,24,38,40,46,48,54,56,60-62,64-67,69-70,72-74H,3-21,23,25-37,39,41-45,47,49-53,55,57-59H2,1-2H3,(H,68,71)/b24-22-,40-38+,48-46+,56-54+. The molecule has 9 heteroatoms. The lowest BCUT2D eigenvalue weighted by Gasteiger charge is -2.40. The highest BCUT2D eigenvalue weighted by molar-refractivity contribution is 5.76. The van der Waals surface area contributed by atoms with Crippen molar-refractivity contribution in [1.82, 2.24) is 5.32 Å². The van der Waals surface area contributed by atoms with Crippen LogP contribution >= 0.6 is 0 Å². The number of amides is 1. The van der Waals surface area contributed by atoms with Crippen LogP contribution in [0.1, 0.15) is 316 Å². The van der Waals surface area contributed by atoms with Crippen LogP contribution in [0.25, 0.3) is 0 Å². The number of rotatable bonds is 57. The Hall–Kier alpha value is -1.85. The molecule has 0 aromatic rings. The smallest absolute Gasteiger partial charge is 0.220 e. The maximum Gasteiger partial charge on any atom is 0.220 e. The van der Waals surface area contributed by atoms with E-state index in [1.165, 1.54) is 250 Å². The lowest BCUT2D eigenvalue weighted by Crippen LogP contribution is -2.60. The minimum atomic E-state index is -1.58. The zero-order chi connectivity index (χ0) is 55.0. The minimum absolute atomic E-state index is 0.190. The summed E-state index contributed by atoms with van der Waals surface area (Å²) in [5.74, 6) is -0.190. The summed E-state index contributed by atoms with van der Waals surface area (Å²) in [7, 11) is 0. The van der Waals surface area contributed by atoms with Gasteiger partial charge in [0, 0.05) is 6.42 Å². The first-order chi connectivity index (χ1) is 37.3. The van der Waals surface area contributed by atoms with E-state index in [9.17, 15) is 30.3 Å². The molecule has 1 fully saturated rings. The van der Waals surface area contributed by atoms with E-state index in [0.717, 1.165) is 44.9 Å². The van der Waals surface area contributed by atoms with Crippen molar-refractivity contribution in [2.75, 3.05) is 13.2 Å². The van der Waals surface area contributed by atoms with E-state index < -0.39 is 49.5 Å². The van der Waals surface area contributed by atoms with Gasteiger partial charge in [-0.05, 0) is 70.6 Å². The van der Waals surface area contributed by atoms with Crippen LogP contribution in [0.4, 0.5) is 0 Å². The molecule has 1 heterocycles. The Kier molecular flexibility index (Phi) is 53.6. The summed E-state index contributed by atoms with van der Waals surface area (Å²) in [6.45, 7) is 3.79. The number of nitrogens with one attached hydrogen (secondary N) is 1. The molecule has 76 heavy (non-hydrogen) atoms. The molecular weight excluding hydrogens is 947 g/mol. The molecule has 1 aliphatic heterocycles. The third-order valence-electron chi connectivity index (χ3n) is 15.6. The van der Waals surface area contributed by atoms with Crippen molar-refractivity contribution in [3.8, 4) is 0 Å². The summed E-state index contributed by atoms with van der Waals surface area (Å²) in [6.07, 6.45) is 69.3. The number of carbonyl (C=O) groups is 1. The molecule has 446 valence electrons. The summed E-state index contributed by atoms with van der Waals surface area (Å²) in [5.41, 5.74) is 0. The second-order valence-electron chi connectivity index (χ2n) is 22.9. The largest absolute Gasteiger partial charge is 0.394 e. The molecule has 0 aromatic heterocycles. The second-order valence-corrected chi connectivity index (χ2v) is 22.9. The number of unbranched alkanes of at least 4 members (excludes halogenated alkanes) is 41. The van der Waals surface area contributed by atoms with Gasteiger partial charge in [-0.2, -0.15) is 0 Å². The number of hydrogen-bond donors (Lipinski definition) is 6. The minimum Gasteiger partial charge on any atom is -0.394 e. The first kappa shape index (κ1) is 72.2. The number of allylic oxidation sites excluding steroid dienone is 7. The van der Waals surface area contributed by atoms with Crippen LogP contribution in [-0.4, -0.2) is 87.5 Å². The number of aliphatic hydroxyl groups is 5. The maximum atomic E-state index is 13.1. The zero-order valence-corrected chi connectivity index (χ0v) is 49.8. The van der Waals surface area contributed by atoms with Gasteiger partial charge in [0.05, 0.1) is 25.4 Å². The summed E-state index contributed by atoms with van der Waals surface area (Å²) in [5, 5.41) is 54.6. The van der Waals surface area contributed by atoms with Gasteiger partial charge in [-0.1, -0.05) is 287 Å². The monoisotopic (exact) mass is 1070 g/mol. The molecule has 0 bridgehead atoms. The Labute approximate surface area is 469 Å². The molecule has 0 spiro atoms. The van der Waals surface area contributed by atoms with Gasteiger partial charge in [-0.15, -0.1) is 0 Å². The normalized spacial score (nSPS) is 19.1. The molecule has 1 aliphatic rings. The van der Waals surface area contributed by atoms with Crippen molar-refractivity contribution in [2.24, 2.45) is 0 Å². The molecule has 0 saturated carbocycles. The van der Waals surface area contributed by atoms with E-state index >= 15 is 0 Å². The van der Waals surface area contributed by atoms with Crippen molar-refractivity contribution >= 4 is 5.91 Å². The average Bonchev–Trinajstić information content (AvgIpc) is 3.42. The van der Waals surface area contributed by atoms with Gasteiger partial charge in [0.2, 0.25) is 5.91 Å². The SMILES string of the molecule is CCCCCCCCCC/C=C\CCCCCCCCCCCC(=O)NC(COC1OC(CO)C(O)C(O)C1O)C(O)/C=C/CC/C=C/CC/C=C/CCCCCCCCCCCCCCCCCCCCCCCC. The van der Waals surface area contributed by atoms with Crippen molar-refractivity contribution in [3.63, 3.8) is 0 Å². The topological polar surface area (TPSA) is 149 Å². The van der Waals surface area contributed by atoms with Crippen molar-refractivity contribution in [3.05, 3.63) is 48.6 Å². The average molecular weight is 1070 g/mol. The van der Waals surface area contributed by atoms with Crippen LogP contribution in [-0.2, 0) is 14.3 Å². The lowest BCUT2D eigenvalue weighted by molar-refractivity contribution is -0.302. The van der Waals surface area contributed by atoms with Crippen LogP contribution in [0.15, 0.2) is 48.6 Å². The Morgan fingerprint density at radius 3 is 1.11 bits per heavy atom. The molecule has 0 radical (unpaired) electrons. The third kappa shape index (κ3) is 44.9. The first-order valence-electron chi connectivity index (χ1n) is 32.9. The molecule has 0 aliphatic carbocycles. The predicted molar refractivity (Wildman–Crippen MR) is 323 cm³/mol. The van der Waals surface area contributed by atoms with Gasteiger partial charge in [0.1, 0.15) is 24.4 Å². The van der Waals surface area contributed by atoms with Gasteiger partial charge in [-0.3, -0.25) is 4.79 Å². The highest BCUT2D eigenvalue weighted by Gasteiger charge is 2.44. The molecule has 0 aromatic carbocycles. The van der Waals surface area contributed by atoms with Gasteiger partial charge in [-0.25, -0.2) is 0 Å². The molecule has 9 nitrogen and oxygen atoms in total. The van der Waals surface area contributed by atoms with Crippen molar-refractivity contribution in [2.45, 2.75) is 358 Å². The molecular formula is C67H125NO8. The summed E-state index contributed by atoms with van der Waals surface area (Å²) in [6, 6.07) is -0.831. The van der Waals surface area contributed by atoms with Gasteiger partial charge >= 0.3 is 0 Å². The molecule has 1 amide bonds. The van der Waals surface area contributed by atoms with Crippen molar-refractivity contribution < 1.29 is 39.8 Å². The predicted octanol–water partition coefficient (Wildman–Crippen LogP) is 17.2. The number of carbonyl (C=O) groups excluding carboxylic acids is 1. The summed E-state index contributed by atoms with van der Waals surface area (Å²) >= 11 is 0. The Balaban J connectivity index is 2.19. The number of aliphatic hydroxyl groups excluding tert-OH is 5. The number of hydrogen-bond acceptors (Lipinski definition) is 8. The number of ether oxygens (including phenoxy) is 2. The third-order valence-corrected chi connectivity index (χ3v) is 15.6. The summed E-state index contributed by atoms with van der Waals surface area (Å²) in [4.78, 5) is 13.1. The molecule has 6 N–H and O–H groups in total. The van der Waals surface area contributed by atoms with E-state index in [4.69, 9.17) is 9.47 Å². The van der Waals surface area contributed by atoms with Gasteiger partial charge in [0.15, 0.2) is 6.29 Å². The Bertz CT molecular complexity index is 1340. The Morgan fingerprint density at radius 1 is 0.434 bits per heavy atom. The zero-order valence-electron chi connectivity index (χ0n) is 49.8. The first-order valence-corrected chi connectivity index (χ1v) is 32.9.